The maximum absolute atomic E-state index is 8.64. The number of alkyl halides is 2. The maximum atomic E-state index is 8.64. The lowest BCUT2D eigenvalue weighted by Gasteiger charge is -2.16. The van der Waals surface area contributed by atoms with E-state index >= 15 is 0 Å². The molecule has 0 aliphatic rings. The first-order chi connectivity index (χ1) is 11.4. The first kappa shape index (κ1) is 30.1. The smallest absolute Gasteiger partial charge is 0.0778 e. The number of hydrogen-bond acceptors (Lipinski definition) is 5. The predicted molar refractivity (Wildman–Crippen MR) is 111 cm³/mol. The maximum Gasteiger partial charge on any atom is 0.0778 e. The van der Waals surface area contributed by atoms with E-state index in [1.54, 1.807) is 0 Å². The van der Waals surface area contributed by atoms with Crippen LogP contribution in [0.1, 0.15) is 28.2 Å². The molecule has 1 atom stereocenters. The van der Waals surface area contributed by atoms with E-state index in [1.807, 2.05) is 14.0 Å². The van der Waals surface area contributed by atoms with Crippen LogP contribution in [0, 0.1) is 5.92 Å². The Morgan fingerprint density at radius 1 is 0.880 bits per heavy atom. The van der Waals surface area contributed by atoms with E-state index in [2.05, 4.69) is 30.7 Å². The fraction of sp³-hybridized carbons (Fsp3) is 1.00. The van der Waals surface area contributed by atoms with Crippen molar-refractivity contribution >= 4 is 23.2 Å². The summed E-state index contributed by atoms with van der Waals surface area (Å²) < 4.78 is 10.7. The molecule has 0 aromatic carbocycles. The molecule has 0 amide bonds. The molecule has 0 aliphatic carbocycles. The zero-order valence-corrected chi connectivity index (χ0v) is 17.7. The lowest BCUT2D eigenvalue weighted by molar-refractivity contribution is 0.0171. The van der Waals surface area contributed by atoms with Gasteiger partial charge >= 0.3 is 0 Å². The van der Waals surface area contributed by atoms with Crippen LogP contribution >= 0.6 is 23.2 Å². The fourth-order valence-electron chi connectivity index (χ4n) is 1.51. The lowest BCUT2D eigenvalue weighted by atomic mass is 10.2. The highest BCUT2D eigenvalue weighted by Gasteiger charge is 2.01. The van der Waals surface area contributed by atoms with Gasteiger partial charge in [-0.05, 0) is 26.9 Å². The van der Waals surface area contributed by atoms with Gasteiger partial charge in [-0.2, -0.15) is 0 Å². The quantitative estimate of drug-likeness (QED) is 0.356. The molecular weight excluding hydrogens is 363 g/mol. The van der Waals surface area contributed by atoms with Crippen molar-refractivity contribution in [2.24, 2.45) is 5.92 Å². The Morgan fingerprint density at radius 2 is 1.36 bits per heavy atom. The highest BCUT2D eigenvalue weighted by molar-refractivity contribution is 6.18. The Labute approximate surface area is 166 Å². The third-order valence-corrected chi connectivity index (χ3v) is 3.47. The van der Waals surface area contributed by atoms with Gasteiger partial charge in [0.25, 0.3) is 0 Å². The van der Waals surface area contributed by atoms with Gasteiger partial charge < -0.3 is 24.4 Å². The molecule has 25 heavy (non-hydrogen) atoms. The molecule has 156 valence electrons. The van der Waals surface area contributed by atoms with Crippen LogP contribution < -0.4 is 0 Å². The number of nitrogens with zero attached hydrogens (tertiary/aromatic N) is 2. The Morgan fingerprint density at radius 3 is 1.76 bits per heavy atom. The average molecular weight is 405 g/mol. The summed E-state index contributed by atoms with van der Waals surface area (Å²) in [5.74, 6) is 1.97. The summed E-state index contributed by atoms with van der Waals surface area (Å²) in [7, 11) is 4.05. The Hall–Kier alpha value is 0.380. The first-order valence-electron chi connectivity index (χ1n) is 8.66. The first-order valence-corrected chi connectivity index (χ1v) is 9.73. The van der Waals surface area contributed by atoms with Gasteiger partial charge in [0.1, 0.15) is 0 Å². The Balaban J connectivity index is -0.000000372. The standard InChI is InChI=1S/C9H20ClNO.C8H18ClNO2.CH4/c1-9(2)8-12-7-6-11(3)5-4-10;1-8(7-11)12-6-5-10(2)4-3-9;/h9H,4-8H2,1-3H3;8,11H,3-7H2,1-2H3;1H4. The molecule has 0 saturated carbocycles. The van der Waals surface area contributed by atoms with Crippen LogP contribution in [0.4, 0.5) is 0 Å². The van der Waals surface area contributed by atoms with Gasteiger partial charge in [-0.15, -0.1) is 23.2 Å². The molecule has 0 aromatic rings. The number of halogens is 2. The second kappa shape index (κ2) is 22.4. The average Bonchev–Trinajstić information content (AvgIpc) is 2.52. The molecule has 0 fully saturated rings. The zero-order chi connectivity index (χ0) is 18.8. The number of likely N-dealkylation sites (N-methyl/N-ethyl adjacent to an activating group) is 2. The van der Waals surface area contributed by atoms with Crippen molar-refractivity contribution in [3.8, 4) is 0 Å². The minimum Gasteiger partial charge on any atom is -0.394 e. The molecule has 0 spiro atoms. The summed E-state index contributed by atoms with van der Waals surface area (Å²) in [6.07, 6.45) is -0.0607. The number of aliphatic hydroxyl groups excluding tert-OH is 1. The highest BCUT2D eigenvalue weighted by Crippen LogP contribution is 1.93. The number of ether oxygens (including phenoxy) is 2. The minimum atomic E-state index is -0.0607. The summed E-state index contributed by atoms with van der Waals surface area (Å²) in [6.45, 7) is 12.2. The van der Waals surface area contributed by atoms with Crippen LogP contribution in [-0.2, 0) is 9.47 Å². The summed E-state index contributed by atoms with van der Waals surface area (Å²) in [5.41, 5.74) is 0. The molecule has 0 saturated heterocycles. The number of aliphatic hydroxyl groups is 1. The van der Waals surface area contributed by atoms with Gasteiger partial charge in [0.15, 0.2) is 0 Å². The third-order valence-electron chi connectivity index (χ3n) is 3.13. The molecule has 0 rings (SSSR count). The van der Waals surface area contributed by atoms with Crippen LogP contribution in [0.5, 0.6) is 0 Å². The van der Waals surface area contributed by atoms with Crippen molar-refractivity contribution in [2.75, 3.05) is 78.5 Å². The predicted octanol–water partition coefficient (Wildman–Crippen LogP) is 3.02. The van der Waals surface area contributed by atoms with Crippen molar-refractivity contribution in [1.29, 1.82) is 0 Å². The molecule has 0 aromatic heterocycles. The lowest BCUT2D eigenvalue weighted by Crippen LogP contribution is -2.27. The van der Waals surface area contributed by atoms with Crippen LogP contribution in [0.25, 0.3) is 0 Å². The SMILES string of the molecule is C.CC(C)COCCN(C)CCCl.CC(CO)OCCN(C)CCCl. The zero-order valence-electron chi connectivity index (χ0n) is 16.1. The molecule has 5 nitrogen and oxygen atoms in total. The summed E-state index contributed by atoms with van der Waals surface area (Å²) in [6, 6.07) is 0. The van der Waals surface area contributed by atoms with Crippen LogP contribution in [0.3, 0.4) is 0 Å². The van der Waals surface area contributed by atoms with E-state index in [0.717, 1.165) is 39.4 Å². The third kappa shape index (κ3) is 26.7. The monoisotopic (exact) mass is 404 g/mol. The largest absolute Gasteiger partial charge is 0.394 e. The van der Waals surface area contributed by atoms with Crippen LogP contribution in [0.15, 0.2) is 0 Å². The fourth-order valence-corrected chi connectivity index (χ4v) is 2.09. The molecule has 7 heteroatoms. The molecular formula is C18H42Cl2N2O3. The van der Waals surface area contributed by atoms with Crippen molar-refractivity contribution in [1.82, 2.24) is 9.80 Å². The van der Waals surface area contributed by atoms with Crippen LogP contribution in [-0.4, -0.2) is 99.5 Å². The molecule has 0 aliphatic heterocycles. The second-order valence-corrected chi connectivity index (χ2v) is 7.07. The van der Waals surface area contributed by atoms with E-state index in [1.165, 1.54) is 0 Å². The van der Waals surface area contributed by atoms with Crippen molar-refractivity contribution in [3.05, 3.63) is 0 Å². The topological polar surface area (TPSA) is 45.2 Å². The molecule has 0 radical (unpaired) electrons. The number of rotatable bonds is 14. The highest BCUT2D eigenvalue weighted by atomic mass is 35.5. The van der Waals surface area contributed by atoms with Gasteiger partial charge in [-0.25, -0.2) is 0 Å². The van der Waals surface area contributed by atoms with E-state index in [9.17, 15) is 0 Å². The molecule has 0 bridgehead atoms. The normalized spacial score (nSPS) is 12.1. The molecule has 1 N–H and O–H groups in total. The molecule has 1 unspecified atom stereocenters. The van der Waals surface area contributed by atoms with Gasteiger partial charge in [-0.3, -0.25) is 0 Å². The van der Waals surface area contributed by atoms with E-state index in [-0.39, 0.29) is 20.1 Å². The van der Waals surface area contributed by atoms with Crippen LogP contribution in [0.2, 0.25) is 0 Å². The van der Waals surface area contributed by atoms with Gasteiger partial charge in [0.05, 0.1) is 25.9 Å². The molecule has 0 heterocycles. The van der Waals surface area contributed by atoms with Crippen molar-refractivity contribution in [2.45, 2.75) is 34.3 Å². The van der Waals surface area contributed by atoms with Crippen molar-refractivity contribution in [3.63, 3.8) is 0 Å². The van der Waals surface area contributed by atoms with E-state index < -0.39 is 0 Å². The summed E-state index contributed by atoms with van der Waals surface area (Å²) >= 11 is 11.1. The second-order valence-electron chi connectivity index (χ2n) is 6.32. The number of hydrogen-bond donors (Lipinski definition) is 1. The van der Waals surface area contributed by atoms with Crippen molar-refractivity contribution < 1.29 is 14.6 Å². The summed E-state index contributed by atoms with van der Waals surface area (Å²) in [5, 5.41) is 8.64. The van der Waals surface area contributed by atoms with Gasteiger partial charge in [0, 0.05) is 44.5 Å². The van der Waals surface area contributed by atoms with Gasteiger partial charge in [-0.1, -0.05) is 21.3 Å². The van der Waals surface area contributed by atoms with E-state index in [0.29, 0.717) is 24.3 Å². The van der Waals surface area contributed by atoms with Gasteiger partial charge in [0.2, 0.25) is 0 Å². The minimum absolute atomic E-state index is 0. The van der Waals surface area contributed by atoms with E-state index in [4.69, 9.17) is 37.8 Å². The summed E-state index contributed by atoms with van der Waals surface area (Å²) in [4.78, 5) is 4.27. The Kier molecular flexibility index (Phi) is 27.0. The Bertz CT molecular complexity index is 250.